The molecule has 2 aromatic carbocycles. The molecular formula is C18H17ClN3O2S-. The second kappa shape index (κ2) is 7.47. The predicted octanol–water partition coefficient (Wildman–Crippen LogP) is 4.15. The number of benzene rings is 2. The van der Waals surface area contributed by atoms with Crippen LogP contribution in [0.2, 0.25) is 5.15 Å². The normalized spacial score (nSPS) is 12.5. The zero-order valence-electron chi connectivity index (χ0n) is 13.8. The first-order valence-electron chi connectivity index (χ1n) is 7.81. The van der Waals surface area contributed by atoms with Crippen LogP contribution in [0, 0.1) is 0 Å². The van der Waals surface area contributed by atoms with Crippen molar-refractivity contribution in [2.45, 2.75) is 25.6 Å². The largest absolute Gasteiger partial charge is 0.772 e. The molecule has 0 aliphatic carbocycles. The highest BCUT2D eigenvalue weighted by Gasteiger charge is 2.11. The number of nitrogens with one attached hydrogen (secondary N) is 1. The Labute approximate surface area is 153 Å². The van der Waals surface area contributed by atoms with Gasteiger partial charge in [0.1, 0.15) is 0 Å². The summed E-state index contributed by atoms with van der Waals surface area (Å²) in [6, 6.07) is 13.6. The molecule has 7 heteroatoms. The van der Waals surface area contributed by atoms with Crippen LogP contribution in [0.15, 0.2) is 42.5 Å². The van der Waals surface area contributed by atoms with E-state index in [9.17, 15) is 8.76 Å². The van der Waals surface area contributed by atoms with E-state index in [1.54, 1.807) is 0 Å². The minimum absolute atomic E-state index is 0.0200. The summed E-state index contributed by atoms with van der Waals surface area (Å²) in [5, 5.41) is 12.8. The summed E-state index contributed by atoms with van der Waals surface area (Å²) in [5.74, 6) is 0.0200. The van der Waals surface area contributed by atoms with Gasteiger partial charge in [-0.05, 0) is 42.7 Å². The Kier molecular flexibility index (Phi) is 5.32. The van der Waals surface area contributed by atoms with E-state index in [1.807, 2.05) is 56.3 Å². The molecule has 130 valence electrons. The minimum atomic E-state index is -2.08. The molecule has 0 bridgehead atoms. The lowest BCUT2D eigenvalue weighted by Gasteiger charge is -2.14. The van der Waals surface area contributed by atoms with Crippen LogP contribution >= 0.6 is 11.6 Å². The van der Waals surface area contributed by atoms with Gasteiger partial charge in [0.15, 0.2) is 5.15 Å². The van der Waals surface area contributed by atoms with Crippen molar-refractivity contribution in [3.8, 4) is 11.1 Å². The van der Waals surface area contributed by atoms with Crippen molar-refractivity contribution in [3.05, 3.63) is 53.2 Å². The zero-order valence-corrected chi connectivity index (χ0v) is 15.4. The Balaban J connectivity index is 1.99. The Bertz CT molecular complexity index is 930. The number of hydrogen-bond acceptors (Lipinski definition) is 5. The van der Waals surface area contributed by atoms with Crippen molar-refractivity contribution >= 4 is 39.3 Å². The van der Waals surface area contributed by atoms with Gasteiger partial charge in [0.2, 0.25) is 0 Å². The third kappa shape index (κ3) is 4.15. The van der Waals surface area contributed by atoms with Gasteiger partial charge in [-0.25, -0.2) is 0 Å². The van der Waals surface area contributed by atoms with Crippen LogP contribution in [0.1, 0.15) is 19.4 Å². The summed E-state index contributed by atoms with van der Waals surface area (Å²) >= 11 is 4.09. The highest BCUT2D eigenvalue weighted by molar-refractivity contribution is 7.78. The second-order valence-corrected chi connectivity index (χ2v) is 7.30. The molecular weight excluding hydrogens is 358 g/mol. The fourth-order valence-electron chi connectivity index (χ4n) is 2.62. The maximum atomic E-state index is 10.8. The Morgan fingerprint density at radius 1 is 1.12 bits per heavy atom. The van der Waals surface area contributed by atoms with E-state index in [4.69, 9.17) is 11.6 Å². The number of nitrogens with zero attached hydrogens (tertiary/aromatic N) is 2. The van der Waals surface area contributed by atoms with Gasteiger partial charge >= 0.3 is 0 Å². The Morgan fingerprint density at radius 2 is 1.80 bits per heavy atom. The predicted molar refractivity (Wildman–Crippen MR) is 101 cm³/mol. The fourth-order valence-corrected chi connectivity index (χ4v) is 3.28. The van der Waals surface area contributed by atoms with E-state index in [-0.39, 0.29) is 11.8 Å². The zero-order chi connectivity index (χ0) is 18.0. The molecule has 0 spiro atoms. The molecule has 1 heterocycles. The van der Waals surface area contributed by atoms with E-state index in [1.165, 1.54) is 0 Å². The van der Waals surface area contributed by atoms with Gasteiger partial charge in [0.25, 0.3) is 0 Å². The average molecular weight is 375 g/mol. The molecule has 0 radical (unpaired) electrons. The lowest BCUT2D eigenvalue weighted by molar-refractivity contribution is 0.536. The topological polar surface area (TPSA) is 77.9 Å². The van der Waals surface area contributed by atoms with Crippen molar-refractivity contribution < 1.29 is 8.76 Å². The molecule has 3 aromatic rings. The standard InChI is InChI=1S/C18H18ClN3O2S/c1-11(2)20-17-15-8-7-14(9-16(15)21-22-18(17)19)13-5-3-12(4-6-13)10-25(23)24/h3-9,11H,10H2,1-2H3,(H,20,21)(H,23,24)/p-1. The summed E-state index contributed by atoms with van der Waals surface area (Å²) < 4.78 is 21.5. The van der Waals surface area contributed by atoms with Crippen molar-refractivity contribution in [3.63, 3.8) is 0 Å². The van der Waals surface area contributed by atoms with Crippen molar-refractivity contribution in [2.24, 2.45) is 0 Å². The van der Waals surface area contributed by atoms with Crippen LogP contribution in [-0.4, -0.2) is 25.0 Å². The third-order valence-corrected chi connectivity index (χ3v) is 4.56. The number of hydrogen-bond donors (Lipinski definition) is 1. The minimum Gasteiger partial charge on any atom is -0.772 e. The lowest BCUT2D eigenvalue weighted by atomic mass is 10.0. The highest BCUT2D eigenvalue weighted by atomic mass is 35.5. The maximum Gasteiger partial charge on any atom is 0.175 e. The molecule has 0 amide bonds. The molecule has 25 heavy (non-hydrogen) atoms. The van der Waals surface area contributed by atoms with Crippen LogP contribution in [0.4, 0.5) is 5.69 Å². The van der Waals surface area contributed by atoms with Gasteiger partial charge in [0.05, 0.1) is 11.2 Å². The third-order valence-electron chi connectivity index (χ3n) is 3.72. The van der Waals surface area contributed by atoms with Crippen LogP contribution in [-0.2, 0) is 16.8 Å². The van der Waals surface area contributed by atoms with Gasteiger partial charge in [-0.15, -0.1) is 10.2 Å². The second-order valence-electron chi connectivity index (χ2n) is 6.04. The summed E-state index contributed by atoms with van der Waals surface area (Å²) in [4.78, 5) is 0. The number of halogens is 1. The first kappa shape index (κ1) is 17.8. The molecule has 1 N–H and O–H groups in total. The maximum absolute atomic E-state index is 10.8. The number of aromatic nitrogens is 2. The smallest absolute Gasteiger partial charge is 0.175 e. The van der Waals surface area contributed by atoms with Gasteiger partial charge in [0, 0.05) is 17.2 Å². The highest BCUT2D eigenvalue weighted by Crippen LogP contribution is 2.31. The first-order valence-corrected chi connectivity index (χ1v) is 9.44. The molecule has 5 nitrogen and oxygen atoms in total. The van der Waals surface area contributed by atoms with E-state index < -0.39 is 11.1 Å². The van der Waals surface area contributed by atoms with Crippen molar-refractivity contribution in [1.29, 1.82) is 0 Å². The van der Waals surface area contributed by atoms with Crippen LogP contribution < -0.4 is 5.32 Å². The van der Waals surface area contributed by atoms with E-state index >= 15 is 0 Å². The molecule has 1 atom stereocenters. The molecule has 0 saturated heterocycles. The van der Waals surface area contributed by atoms with E-state index in [0.29, 0.717) is 5.15 Å². The lowest BCUT2D eigenvalue weighted by Crippen LogP contribution is -2.11. The first-order chi connectivity index (χ1) is 11.9. The Hall–Kier alpha value is -2.02. The van der Waals surface area contributed by atoms with Crippen molar-refractivity contribution in [2.75, 3.05) is 5.32 Å². The summed E-state index contributed by atoms with van der Waals surface area (Å²) in [5.41, 5.74) is 4.25. The molecule has 3 rings (SSSR count). The number of anilines is 1. The van der Waals surface area contributed by atoms with Crippen LogP contribution in [0.3, 0.4) is 0 Å². The fraction of sp³-hybridized carbons (Fsp3) is 0.222. The quantitative estimate of drug-likeness (QED) is 0.679. The van der Waals surface area contributed by atoms with Gasteiger partial charge in [-0.3, -0.25) is 4.21 Å². The SMILES string of the molecule is CC(C)Nc1c(Cl)nnc2cc(-c3ccc(CS(=O)[O-])cc3)ccc12. The van der Waals surface area contributed by atoms with Crippen molar-refractivity contribution in [1.82, 2.24) is 10.2 Å². The van der Waals surface area contributed by atoms with Gasteiger partial charge in [-0.2, -0.15) is 0 Å². The molecule has 0 aliphatic heterocycles. The molecule has 0 aliphatic rings. The number of fused-ring (bicyclic) bond motifs is 1. The van der Waals surface area contributed by atoms with E-state index in [2.05, 4.69) is 15.5 Å². The number of rotatable bonds is 5. The molecule has 0 saturated carbocycles. The van der Waals surface area contributed by atoms with Crippen LogP contribution in [0.5, 0.6) is 0 Å². The average Bonchev–Trinajstić information content (AvgIpc) is 2.57. The van der Waals surface area contributed by atoms with Crippen LogP contribution in [0.25, 0.3) is 22.0 Å². The molecule has 0 fully saturated rings. The van der Waals surface area contributed by atoms with Gasteiger partial charge < -0.3 is 9.87 Å². The van der Waals surface area contributed by atoms with Gasteiger partial charge in [-0.1, -0.05) is 53.0 Å². The summed E-state index contributed by atoms with van der Waals surface area (Å²) in [6.07, 6.45) is 0. The summed E-state index contributed by atoms with van der Waals surface area (Å²) in [6.45, 7) is 4.07. The Morgan fingerprint density at radius 3 is 2.44 bits per heavy atom. The summed E-state index contributed by atoms with van der Waals surface area (Å²) in [7, 11) is 0. The molecule has 1 unspecified atom stereocenters. The van der Waals surface area contributed by atoms with E-state index in [0.717, 1.165) is 33.3 Å². The molecule has 1 aromatic heterocycles. The monoisotopic (exact) mass is 374 g/mol.